The molecule has 150 valence electrons. The van der Waals surface area contributed by atoms with Crippen molar-refractivity contribution in [2.75, 3.05) is 20.3 Å². The molecule has 1 aromatic heterocycles. The van der Waals surface area contributed by atoms with E-state index in [1.54, 1.807) is 7.11 Å². The highest BCUT2D eigenvalue weighted by Gasteiger charge is 2.27. The van der Waals surface area contributed by atoms with Crippen LogP contribution in [0.1, 0.15) is 17.4 Å². The van der Waals surface area contributed by atoms with Crippen LogP contribution in [-0.4, -0.2) is 30.1 Å². The van der Waals surface area contributed by atoms with Gasteiger partial charge in [-0.25, -0.2) is 0 Å². The van der Waals surface area contributed by atoms with Gasteiger partial charge in [0.25, 0.3) is 0 Å². The van der Waals surface area contributed by atoms with Gasteiger partial charge in [-0.15, -0.1) is 0 Å². The van der Waals surface area contributed by atoms with Gasteiger partial charge in [0.1, 0.15) is 12.0 Å². The Hall–Kier alpha value is -3.21. The Balaban J connectivity index is 1.52. The monoisotopic (exact) mass is 396 g/mol. The van der Waals surface area contributed by atoms with Crippen LogP contribution in [0.25, 0.3) is 21.9 Å². The minimum absolute atomic E-state index is 0.00372. The zero-order chi connectivity index (χ0) is 20.3. The fourth-order valence-corrected chi connectivity index (χ4v) is 4.24. The van der Waals surface area contributed by atoms with Crippen molar-refractivity contribution in [1.29, 1.82) is 0 Å². The van der Waals surface area contributed by atoms with E-state index in [-0.39, 0.29) is 6.23 Å². The van der Waals surface area contributed by atoms with Gasteiger partial charge < -0.3 is 9.47 Å². The van der Waals surface area contributed by atoms with Crippen molar-refractivity contribution in [3.8, 4) is 16.9 Å². The van der Waals surface area contributed by atoms with E-state index in [9.17, 15) is 0 Å². The number of fused-ring (bicyclic) bond motifs is 1. The number of pyridine rings is 1. The molecule has 3 aromatic carbocycles. The van der Waals surface area contributed by atoms with Crippen molar-refractivity contribution in [3.05, 3.63) is 96.3 Å². The summed E-state index contributed by atoms with van der Waals surface area (Å²) in [5.41, 5.74) is 4.79. The van der Waals surface area contributed by atoms with Crippen LogP contribution in [-0.2, 0) is 11.3 Å². The molecule has 1 unspecified atom stereocenters. The van der Waals surface area contributed by atoms with Crippen molar-refractivity contribution in [3.63, 3.8) is 0 Å². The van der Waals surface area contributed by atoms with Crippen molar-refractivity contribution in [2.45, 2.75) is 12.8 Å². The van der Waals surface area contributed by atoms with Gasteiger partial charge >= 0.3 is 0 Å². The van der Waals surface area contributed by atoms with Crippen LogP contribution in [0.4, 0.5) is 0 Å². The van der Waals surface area contributed by atoms with Gasteiger partial charge in [-0.1, -0.05) is 54.6 Å². The first-order chi connectivity index (χ1) is 14.8. The molecule has 4 aromatic rings. The lowest BCUT2D eigenvalue weighted by Crippen LogP contribution is -2.23. The average Bonchev–Trinajstić information content (AvgIpc) is 3.28. The van der Waals surface area contributed by atoms with Crippen LogP contribution in [0.5, 0.6) is 5.75 Å². The van der Waals surface area contributed by atoms with E-state index in [0.717, 1.165) is 31.0 Å². The molecule has 1 atom stereocenters. The van der Waals surface area contributed by atoms with Crippen molar-refractivity contribution >= 4 is 10.8 Å². The Morgan fingerprint density at radius 2 is 1.90 bits per heavy atom. The summed E-state index contributed by atoms with van der Waals surface area (Å²) in [7, 11) is 1.70. The Morgan fingerprint density at radius 1 is 1.00 bits per heavy atom. The second kappa shape index (κ2) is 8.27. The molecule has 1 saturated heterocycles. The zero-order valence-electron chi connectivity index (χ0n) is 17.0. The third-order valence-corrected chi connectivity index (χ3v) is 5.73. The Morgan fingerprint density at radius 3 is 2.77 bits per heavy atom. The first-order valence-corrected chi connectivity index (χ1v) is 10.2. The lowest BCUT2D eigenvalue weighted by atomic mass is 9.96. The highest BCUT2D eigenvalue weighted by atomic mass is 16.5. The number of rotatable bonds is 5. The molecule has 4 nitrogen and oxygen atoms in total. The fourth-order valence-electron chi connectivity index (χ4n) is 4.24. The van der Waals surface area contributed by atoms with E-state index in [1.165, 1.54) is 27.5 Å². The molecule has 5 rings (SSSR count). The maximum Gasteiger partial charge on any atom is 0.137 e. The second-order valence-corrected chi connectivity index (χ2v) is 7.53. The summed E-state index contributed by atoms with van der Waals surface area (Å²) in [6.07, 6.45) is 3.83. The Labute approximate surface area is 176 Å². The molecule has 30 heavy (non-hydrogen) atoms. The molecule has 2 heterocycles. The maximum atomic E-state index is 6.05. The van der Waals surface area contributed by atoms with E-state index in [0.29, 0.717) is 0 Å². The van der Waals surface area contributed by atoms with Crippen molar-refractivity contribution in [2.24, 2.45) is 0 Å². The van der Waals surface area contributed by atoms with Crippen LogP contribution >= 0.6 is 0 Å². The largest absolute Gasteiger partial charge is 0.497 e. The lowest BCUT2D eigenvalue weighted by Gasteiger charge is -2.24. The maximum absolute atomic E-state index is 6.05. The minimum atomic E-state index is -0.00372. The number of nitrogens with zero attached hydrogens (tertiary/aromatic N) is 2. The van der Waals surface area contributed by atoms with Gasteiger partial charge in [-0.05, 0) is 45.8 Å². The quantitative estimate of drug-likeness (QED) is 0.450. The first kappa shape index (κ1) is 18.8. The lowest BCUT2D eigenvalue weighted by molar-refractivity contribution is 0.0289. The molecule has 0 aliphatic carbocycles. The summed E-state index contributed by atoms with van der Waals surface area (Å²) in [5, 5.41) is 2.38. The summed E-state index contributed by atoms with van der Waals surface area (Å²) in [6.45, 7) is 2.48. The van der Waals surface area contributed by atoms with E-state index >= 15 is 0 Å². The Bertz CT molecular complexity index is 1160. The van der Waals surface area contributed by atoms with E-state index in [2.05, 4.69) is 64.5 Å². The molecule has 0 N–H and O–H groups in total. The molecule has 0 radical (unpaired) electrons. The molecule has 1 fully saturated rings. The van der Waals surface area contributed by atoms with Gasteiger partial charge in [-0.2, -0.15) is 0 Å². The number of hydrogen-bond donors (Lipinski definition) is 0. The average molecular weight is 396 g/mol. The van der Waals surface area contributed by atoms with Gasteiger partial charge in [0.15, 0.2) is 0 Å². The number of methoxy groups -OCH3 is 1. The van der Waals surface area contributed by atoms with Crippen LogP contribution in [0.2, 0.25) is 0 Å². The van der Waals surface area contributed by atoms with Crippen LogP contribution < -0.4 is 4.74 Å². The van der Waals surface area contributed by atoms with Gasteiger partial charge in [-0.3, -0.25) is 9.88 Å². The van der Waals surface area contributed by atoms with Crippen molar-refractivity contribution < 1.29 is 9.47 Å². The summed E-state index contributed by atoms with van der Waals surface area (Å²) in [6, 6.07) is 25.2. The standard InChI is InChI=1S/C26H24N2O2/c1-29-22-9-5-8-20(16-22)23-11-10-21(25-17-27-13-12-24(23)25)18-28-14-15-30-26(28)19-6-3-2-4-7-19/h2-13,16-17,26H,14-15,18H2,1H3. The first-order valence-electron chi connectivity index (χ1n) is 10.2. The predicted molar refractivity (Wildman–Crippen MR) is 119 cm³/mol. The Kier molecular flexibility index (Phi) is 5.18. The van der Waals surface area contributed by atoms with E-state index in [4.69, 9.17) is 9.47 Å². The molecule has 1 aliphatic heterocycles. The highest BCUT2D eigenvalue weighted by molar-refractivity contribution is 5.98. The molecule has 1 aliphatic rings. The second-order valence-electron chi connectivity index (χ2n) is 7.53. The van der Waals surface area contributed by atoms with Gasteiger partial charge in [0.05, 0.1) is 13.7 Å². The van der Waals surface area contributed by atoms with Gasteiger partial charge in [0.2, 0.25) is 0 Å². The fraction of sp³-hybridized carbons (Fsp3) is 0.192. The number of aromatic nitrogens is 1. The normalized spacial score (nSPS) is 16.8. The summed E-state index contributed by atoms with van der Waals surface area (Å²) in [5.74, 6) is 0.860. The zero-order valence-corrected chi connectivity index (χ0v) is 17.0. The van der Waals surface area contributed by atoms with Crippen LogP contribution in [0.15, 0.2) is 85.2 Å². The molecule has 0 bridgehead atoms. The summed E-state index contributed by atoms with van der Waals surface area (Å²) >= 11 is 0. The topological polar surface area (TPSA) is 34.6 Å². The van der Waals surface area contributed by atoms with Gasteiger partial charge in [0, 0.05) is 30.9 Å². The minimum Gasteiger partial charge on any atom is -0.497 e. The third kappa shape index (κ3) is 3.56. The number of hydrogen-bond acceptors (Lipinski definition) is 4. The highest BCUT2D eigenvalue weighted by Crippen LogP contribution is 2.34. The molecular weight excluding hydrogens is 372 g/mol. The summed E-state index contributed by atoms with van der Waals surface area (Å²) in [4.78, 5) is 6.81. The van der Waals surface area contributed by atoms with Crippen molar-refractivity contribution in [1.82, 2.24) is 9.88 Å². The molecule has 0 spiro atoms. The van der Waals surface area contributed by atoms with Crippen LogP contribution in [0, 0.1) is 0 Å². The predicted octanol–water partition coefficient (Wildman–Crippen LogP) is 5.44. The SMILES string of the molecule is COc1cccc(-c2ccc(CN3CCOC3c3ccccc3)c3cnccc23)c1. The number of benzene rings is 3. The van der Waals surface area contributed by atoms with E-state index in [1.807, 2.05) is 30.6 Å². The van der Waals surface area contributed by atoms with E-state index < -0.39 is 0 Å². The molecule has 0 saturated carbocycles. The third-order valence-electron chi connectivity index (χ3n) is 5.73. The molecular formula is C26H24N2O2. The number of ether oxygens (including phenoxy) is 2. The molecule has 4 heteroatoms. The molecule has 0 amide bonds. The summed E-state index contributed by atoms with van der Waals surface area (Å²) < 4.78 is 11.5. The smallest absolute Gasteiger partial charge is 0.137 e. The van der Waals surface area contributed by atoms with Crippen LogP contribution in [0.3, 0.4) is 0 Å².